The first-order chi connectivity index (χ1) is 27.3. The van der Waals surface area contributed by atoms with Crippen molar-refractivity contribution in [2.75, 3.05) is 0 Å². The van der Waals surface area contributed by atoms with Crippen molar-refractivity contribution < 1.29 is 17.1 Å². The quantitative estimate of drug-likeness (QED) is 0.186. The summed E-state index contributed by atoms with van der Waals surface area (Å²) in [6.07, 6.45) is 0. The molecule has 0 fully saturated rings. The fourth-order valence-electron chi connectivity index (χ4n) is 6.40. The molecule has 5 heteroatoms. The molecule has 0 aliphatic rings. The number of fused-ring (bicyclic) bond motifs is 6. The third-order valence-electron chi connectivity index (χ3n) is 8.82. The van der Waals surface area contributed by atoms with Crippen LogP contribution in [0.25, 0.3) is 100 Å². The molecule has 7 aromatic carbocycles. The van der Waals surface area contributed by atoms with Crippen LogP contribution in [0.3, 0.4) is 0 Å². The van der Waals surface area contributed by atoms with Crippen molar-refractivity contribution in [3.63, 3.8) is 0 Å². The van der Waals surface area contributed by atoms with E-state index in [0.29, 0.717) is 44.9 Å². The van der Waals surface area contributed by atoms with Crippen LogP contribution in [0.1, 0.15) is 8.22 Å². The van der Waals surface area contributed by atoms with E-state index in [9.17, 15) is 5.48 Å². The summed E-state index contributed by atoms with van der Waals surface area (Å²) < 4.78 is 68.0. The van der Waals surface area contributed by atoms with Gasteiger partial charge in [-0.25, -0.2) is 15.0 Å². The Hall–Kier alpha value is -6.85. The number of furan rings is 2. The molecule has 0 N–H and O–H groups in total. The second-order valence-electron chi connectivity index (χ2n) is 11.9. The Morgan fingerprint density at radius 2 is 0.940 bits per heavy atom. The molecule has 234 valence electrons. The van der Waals surface area contributed by atoms with E-state index < -0.39 is 0 Å². The molecular weight excluding hydrogens is 615 g/mol. The van der Waals surface area contributed by atoms with E-state index in [1.807, 2.05) is 115 Å². The van der Waals surface area contributed by atoms with Gasteiger partial charge in [-0.3, -0.25) is 0 Å². The van der Waals surface area contributed by atoms with E-state index >= 15 is 0 Å². The van der Waals surface area contributed by atoms with E-state index in [0.717, 1.165) is 16.5 Å². The first-order valence-corrected chi connectivity index (χ1v) is 16.1. The molecule has 0 aliphatic heterocycles. The first-order valence-electron chi connectivity index (χ1n) is 19.1. The summed E-state index contributed by atoms with van der Waals surface area (Å²) in [5.41, 5.74) is 5.09. The van der Waals surface area contributed by atoms with Crippen LogP contribution in [-0.2, 0) is 0 Å². The number of hydrogen-bond donors (Lipinski definition) is 0. The normalized spacial score (nSPS) is 13.3. The maximum Gasteiger partial charge on any atom is 0.164 e. The number of para-hydroxylation sites is 1. The van der Waals surface area contributed by atoms with Crippen molar-refractivity contribution in [2.24, 2.45) is 0 Å². The highest BCUT2D eigenvalue weighted by atomic mass is 16.3. The van der Waals surface area contributed by atoms with Gasteiger partial charge in [-0.05, 0) is 58.6 Å². The highest BCUT2D eigenvalue weighted by Crippen LogP contribution is 2.40. The van der Waals surface area contributed by atoms with Gasteiger partial charge in [-0.2, -0.15) is 0 Å². The van der Waals surface area contributed by atoms with Gasteiger partial charge in [0.25, 0.3) is 0 Å². The summed E-state index contributed by atoms with van der Waals surface area (Å²) in [6.45, 7) is 0. The van der Waals surface area contributed by atoms with Crippen LogP contribution in [0.2, 0.25) is 0 Å². The van der Waals surface area contributed by atoms with Gasteiger partial charge in [0.15, 0.2) is 17.5 Å². The summed E-state index contributed by atoms with van der Waals surface area (Å²) in [4.78, 5) is 14.3. The Kier molecular flexibility index (Phi) is 5.17. The average Bonchev–Trinajstić information content (AvgIpc) is 3.84. The third-order valence-corrected chi connectivity index (χ3v) is 8.82. The van der Waals surface area contributed by atoms with Gasteiger partial charge in [-0.1, -0.05) is 127 Å². The van der Waals surface area contributed by atoms with Gasteiger partial charge in [0.05, 0.1) is 8.22 Å². The van der Waals surface area contributed by atoms with Crippen LogP contribution in [0.15, 0.2) is 172 Å². The Balaban J connectivity index is 1.20. The fourth-order valence-corrected chi connectivity index (χ4v) is 6.40. The van der Waals surface area contributed by atoms with Gasteiger partial charge >= 0.3 is 0 Å². The summed E-state index contributed by atoms with van der Waals surface area (Å²) in [6, 6.07) is 38.3. The zero-order valence-electron chi connectivity index (χ0n) is 32.3. The number of hydrogen-bond acceptors (Lipinski definition) is 5. The lowest BCUT2D eigenvalue weighted by Crippen LogP contribution is -2.00. The first kappa shape index (κ1) is 22.7. The zero-order chi connectivity index (χ0) is 38.2. The average molecular weight is 648 g/mol. The largest absolute Gasteiger partial charge is 0.456 e. The van der Waals surface area contributed by atoms with Gasteiger partial charge < -0.3 is 8.83 Å². The van der Waals surface area contributed by atoms with Crippen LogP contribution in [-0.4, -0.2) is 15.0 Å². The molecule has 0 unspecified atom stereocenters. The van der Waals surface area contributed by atoms with E-state index in [4.69, 9.17) is 26.5 Å². The minimum absolute atomic E-state index is 0.00409. The van der Waals surface area contributed by atoms with Crippen LogP contribution >= 0.6 is 0 Å². The lowest BCUT2D eigenvalue weighted by Gasteiger charge is -2.09. The number of nitrogens with zero attached hydrogens (tertiary/aromatic N) is 3. The molecule has 0 radical (unpaired) electrons. The molecule has 0 spiro atoms. The van der Waals surface area contributed by atoms with Gasteiger partial charge in [0.2, 0.25) is 0 Å². The van der Waals surface area contributed by atoms with Crippen LogP contribution in [0, 0.1) is 0 Å². The molecule has 0 aliphatic carbocycles. The molecule has 0 saturated heterocycles. The van der Waals surface area contributed by atoms with E-state index in [-0.39, 0.29) is 75.1 Å². The van der Waals surface area contributed by atoms with Gasteiger partial charge in [0, 0.05) is 38.2 Å². The minimum atomic E-state index is -0.342. The number of benzene rings is 7. The SMILES string of the molecule is [2H]c1c(-c2cccc3oc4ccccc4c23)c([2H])c2c(oc3c([2H])c(-c4nc(-c5ccccc5)nc(-c5ccc(-c6ccccc6)cc5)n4)c([2H])c([2H])c32)c1[2H]. The lowest BCUT2D eigenvalue weighted by molar-refractivity contribution is 0.669. The van der Waals surface area contributed by atoms with E-state index in [1.54, 1.807) is 12.1 Å². The topological polar surface area (TPSA) is 65.0 Å². The van der Waals surface area contributed by atoms with Crippen molar-refractivity contribution in [3.05, 3.63) is 164 Å². The fraction of sp³-hybridized carbons (Fsp3) is 0. The molecule has 0 amide bonds. The summed E-state index contributed by atoms with van der Waals surface area (Å²) >= 11 is 0. The van der Waals surface area contributed by atoms with Crippen LogP contribution < -0.4 is 0 Å². The standard InChI is InChI=1S/C45H27N3O2/c1-3-10-28(11-4-1)29-18-20-31(21-19-29)44-46-43(30-12-5-2-6-13-30)47-45(48-44)33-22-24-35-37-26-32(23-25-39(37)50-41(35)27-33)34-15-9-17-40-42(34)36-14-7-8-16-38(36)49-40/h1-27H/i22D,23D,24D,25D,26D,27D. The van der Waals surface area contributed by atoms with Gasteiger partial charge in [0.1, 0.15) is 22.3 Å². The van der Waals surface area contributed by atoms with Crippen molar-refractivity contribution in [3.8, 4) is 56.4 Å². The predicted molar refractivity (Wildman–Crippen MR) is 202 cm³/mol. The molecule has 3 heterocycles. The summed E-state index contributed by atoms with van der Waals surface area (Å²) in [5, 5.41) is 1.62. The maximum absolute atomic E-state index is 9.49. The van der Waals surface area contributed by atoms with E-state index in [1.165, 1.54) is 0 Å². The second-order valence-corrected chi connectivity index (χ2v) is 11.9. The molecule has 0 bridgehead atoms. The minimum Gasteiger partial charge on any atom is -0.456 e. The van der Waals surface area contributed by atoms with Crippen LogP contribution in [0.5, 0.6) is 0 Å². The molecule has 5 nitrogen and oxygen atoms in total. The Morgan fingerprint density at radius 1 is 0.360 bits per heavy atom. The summed E-state index contributed by atoms with van der Waals surface area (Å²) in [7, 11) is 0. The number of aromatic nitrogens is 3. The highest BCUT2D eigenvalue weighted by molar-refractivity contribution is 6.14. The Morgan fingerprint density at radius 3 is 1.72 bits per heavy atom. The van der Waals surface area contributed by atoms with Crippen molar-refractivity contribution in [2.45, 2.75) is 0 Å². The Labute approximate surface area is 295 Å². The zero-order valence-corrected chi connectivity index (χ0v) is 26.3. The molecule has 10 rings (SSSR count). The highest BCUT2D eigenvalue weighted by Gasteiger charge is 2.17. The molecule has 0 saturated carbocycles. The summed E-state index contributed by atoms with van der Waals surface area (Å²) in [5.74, 6) is 0.637. The molecule has 0 atom stereocenters. The van der Waals surface area contributed by atoms with Gasteiger partial charge in [-0.15, -0.1) is 0 Å². The Bertz CT molecular complexity index is 3200. The molecule has 3 aromatic heterocycles. The van der Waals surface area contributed by atoms with Crippen LogP contribution in [0.4, 0.5) is 0 Å². The monoisotopic (exact) mass is 647 g/mol. The molecule has 50 heavy (non-hydrogen) atoms. The third kappa shape index (κ3) is 4.75. The van der Waals surface area contributed by atoms with Crippen molar-refractivity contribution in [1.82, 2.24) is 15.0 Å². The second kappa shape index (κ2) is 11.4. The molecular formula is C45H27N3O2. The van der Waals surface area contributed by atoms with Crippen molar-refractivity contribution >= 4 is 43.9 Å². The lowest BCUT2D eigenvalue weighted by atomic mass is 9.98. The van der Waals surface area contributed by atoms with E-state index in [2.05, 4.69) is 0 Å². The number of rotatable bonds is 5. The smallest absolute Gasteiger partial charge is 0.164 e. The predicted octanol–water partition coefficient (Wildman–Crippen LogP) is 12.0. The van der Waals surface area contributed by atoms with Crippen molar-refractivity contribution in [1.29, 1.82) is 0 Å². The maximum atomic E-state index is 9.49. The molecule has 10 aromatic rings.